The van der Waals surface area contributed by atoms with Crippen LogP contribution in [0.5, 0.6) is 0 Å². The van der Waals surface area contributed by atoms with Gasteiger partial charge < -0.3 is 9.80 Å². The van der Waals surface area contributed by atoms with Crippen LogP contribution in [0.15, 0.2) is 23.2 Å². The highest BCUT2D eigenvalue weighted by Gasteiger charge is 2.42. The van der Waals surface area contributed by atoms with Crippen molar-refractivity contribution in [3.8, 4) is 0 Å². The first-order valence-corrected chi connectivity index (χ1v) is 8.51. The Hall–Kier alpha value is -1.23. The quantitative estimate of drug-likeness (QED) is 0.801. The van der Waals surface area contributed by atoms with E-state index in [4.69, 9.17) is 0 Å². The highest BCUT2D eigenvalue weighted by atomic mass is 32.2. The van der Waals surface area contributed by atoms with Gasteiger partial charge in [-0.15, -0.1) is 11.8 Å². The van der Waals surface area contributed by atoms with Crippen LogP contribution in [0.4, 0.5) is 5.82 Å². The molecule has 0 aliphatic carbocycles. The highest BCUT2D eigenvalue weighted by Crippen LogP contribution is 2.32. The largest absolute Gasteiger partial charge is 0.352 e. The Bertz CT molecular complexity index is 476. The van der Waals surface area contributed by atoms with Crippen molar-refractivity contribution in [1.29, 1.82) is 0 Å². The molecule has 1 amide bonds. The number of rotatable bonds is 3. The highest BCUT2D eigenvalue weighted by molar-refractivity contribution is 7.98. The molecule has 0 aromatic carbocycles. The molecule has 108 valence electrons. The number of piperazine rings is 1. The van der Waals surface area contributed by atoms with Gasteiger partial charge in [-0.05, 0) is 31.2 Å². The summed E-state index contributed by atoms with van der Waals surface area (Å²) in [6.45, 7) is 3.80. The van der Waals surface area contributed by atoms with Gasteiger partial charge in [0.05, 0.1) is 0 Å². The average molecular weight is 291 g/mol. The maximum Gasteiger partial charge on any atom is 0.222 e. The molecular weight excluding hydrogens is 270 g/mol. The molecule has 0 spiro atoms. The van der Waals surface area contributed by atoms with Crippen molar-refractivity contribution in [2.45, 2.75) is 43.2 Å². The number of carbonyl (C=O) groups is 1. The number of aromatic nitrogens is 1. The second-order valence-electron chi connectivity index (χ2n) is 5.50. The van der Waals surface area contributed by atoms with Crippen molar-refractivity contribution in [1.82, 2.24) is 9.88 Å². The van der Waals surface area contributed by atoms with E-state index in [2.05, 4.69) is 33.2 Å². The van der Waals surface area contributed by atoms with E-state index in [1.165, 1.54) is 4.90 Å². The van der Waals surface area contributed by atoms with Crippen LogP contribution in [0.2, 0.25) is 0 Å². The summed E-state index contributed by atoms with van der Waals surface area (Å²) in [5.41, 5.74) is 0. The van der Waals surface area contributed by atoms with Gasteiger partial charge in [-0.3, -0.25) is 4.79 Å². The topological polar surface area (TPSA) is 36.4 Å². The lowest BCUT2D eigenvalue weighted by atomic mass is 10.1. The number of hydrogen-bond donors (Lipinski definition) is 0. The Morgan fingerprint density at radius 3 is 2.55 bits per heavy atom. The fourth-order valence-electron chi connectivity index (χ4n) is 3.36. The Labute approximate surface area is 124 Å². The molecule has 3 rings (SSSR count). The molecule has 20 heavy (non-hydrogen) atoms. The lowest BCUT2D eigenvalue weighted by Crippen LogP contribution is -2.56. The van der Waals surface area contributed by atoms with Crippen molar-refractivity contribution in [2.75, 3.05) is 24.2 Å². The minimum Gasteiger partial charge on any atom is -0.352 e. The summed E-state index contributed by atoms with van der Waals surface area (Å²) in [5, 5.41) is 0. The van der Waals surface area contributed by atoms with Gasteiger partial charge in [0.25, 0.3) is 0 Å². The molecule has 2 aliphatic heterocycles. The molecule has 5 heteroatoms. The van der Waals surface area contributed by atoms with Crippen molar-refractivity contribution >= 4 is 23.5 Å². The summed E-state index contributed by atoms with van der Waals surface area (Å²) in [5.74, 6) is 1.35. The van der Waals surface area contributed by atoms with E-state index in [1.807, 2.05) is 13.1 Å². The Morgan fingerprint density at radius 1 is 1.35 bits per heavy atom. The summed E-state index contributed by atoms with van der Waals surface area (Å²) >= 11 is 1.71. The zero-order valence-electron chi connectivity index (χ0n) is 12.1. The molecule has 1 aromatic heterocycles. The Morgan fingerprint density at radius 2 is 2.05 bits per heavy atom. The van der Waals surface area contributed by atoms with E-state index < -0.39 is 0 Å². The van der Waals surface area contributed by atoms with E-state index in [0.29, 0.717) is 24.4 Å². The lowest BCUT2D eigenvalue weighted by molar-refractivity contribution is -0.134. The average Bonchev–Trinajstić information content (AvgIpc) is 2.76. The zero-order valence-corrected chi connectivity index (χ0v) is 12.9. The third kappa shape index (κ3) is 2.39. The molecule has 4 nitrogen and oxygen atoms in total. The fraction of sp³-hybridized carbons (Fsp3) is 0.600. The first-order chi connectivity index (χ1) is 9.72. The minimum absolute atomic E-state index is 0.308. The van der Waals surface area contributed by atoms with E-state index in [1.54, 1.807) is 11.8 Å². The van der Waals surface area contributed by atoms with Gasteiger partial charge >= 0.3 is 0 Å². The van der Waals surface area contributed by atoms with Crippen LogP contribution in [0.3, 0.4) is 0 Å². The van der Waals surface area contributed by atoms with Gasteiger partial charge in [0.2, 0.25) is 5.91 Å². The molecule has 2 saturated heterocycles. The third-order valence-corrected chi connectivity index (χ3v) is 5.07. The zero-order chi connectivity index (χ0) is 14.1. The summed E-state index contributed by atoms with van der Waals surface area (Å²) in [6, 6.07) is 4.98. The van der Waals surface area contributed by atoms with E-state index in [9.17, 15) is 4.79 Å². The number of anilines is 1. The maximum atomic E-state index is 12.0. The molecule has 0 saturated carbocycles. The Kier molecular flexibility index (Phi) is 3.87. The molecule has 0 N–H and O–H groups in total. The van der Waals surface area contributed by atoms with Crippen LogP contribution in [0.25, 0.3) is 0 Å². The molecule has 0 radical (unpaired) electrons. The molecule has 2 fully saturated rings. The molecule has 2 atom stereocenters. The second kappa shape index (κ2) is 5.64. The molecule has 3 heterocycles. The summed E-state index contributed by atoms with van der Waals surface area (Å²) in [7, 11) is 0. The van der Waals surface area contributed by atoms with E-state index in [-0.39, 0.29) is 0 Å². The molecule has 1 aromatic rings. The number of fused-ring (bicyclic) bond motifs is 2. The Balaban J connectivity index is 1.74. The number of hydrogen-bond acceptors (Lipinski definition) is 4. The lowest BCUT2D eigenvalue weighted by Gasteiger charge is -2.41. The minimum atomic E-state index is 0.308. The van der Waals surface area contributed by atoms with Gasteiger partial charge in [-0.25, -0.2) is 4.98 Å². The standard InChI is InChI=1S/C15H21N3OS/c1-3-15(19)18-11-4-5-12(18)10-17(9-11)14-7-6-13(20-2)8-16-14/h6-8,11-12H,3-5,9-10H2,1-2H3/t11-,12+. The SMILES string of the molecule is CCC(=O)N1[C@@H]2CC[C@H]1CN(c1ccc(SC)cn1)C2. The van der Waals surface area contributed by atoms with Crippen LogP contribution < -0.4 is 4.90 Å². The van der Waals surface area contributed by atoms with Crippen LogP contribution in [0.1, 0.15) is 26.2 Å². The van der Waals surface area contributed by atoms with Gasteiger partial charge in [0.1, 0.15) is 5.82 Å². The number of amides is 1. The van der Waals surface area contributed by atoms with Crippen molar-refractivity contribution in [3.63, 3.8) is 0 Å². The first-order valence-electron chi connectivity index (χ1n) is 7.29. The molecular formula is C15H21N3OS. The smallest absolute Gasteiger partial charge is 0.222 e. The predicted molar refractivity (Wildman–Crippen MR) is 82.2 cm³/mol. The van der Waals surface area contributed by atoms with Gasteiger partial charge in [-0.1, -0.05) is 6.92 Å². The van der Waals surface area contributed by atoms with Gasteiger partial charge in [-0.2, -0.15) is 0 Å². The number of nitrogens with zero attached hydrogens (tertiary/aromatic N) is 3. The summed E-state index contributed by atoms with van der Waals surface area (Å²) in [4.78, 5) is 22.3. The molecule has 2 bridgehead atoms. The monoisotopic (exact) mass is 291 g/mol. The summed E-state index contributed by atoms with van der Waals surface area (Å²) in [6.07, 6.45) is 6.89. The normalized spacial score (nSPS) is 25.1. The third-order valence-electron chi connectivity index (χ3n) is 4.35. The molecule has 2 aliphatic rings. The number of pyridine rings is 1. The molecule has 0 unspecified atom stereocenters. The van der Waals surface area contributed by atoms with Crippen LogP contribution in [-0.4, -0.2) is 47.2 Å². The van der Waals surface area contributed by atoms with Crippen LogP contribution in [0, 0.1) is 0 Å². The van der Waals surface area contributed by atoms with Crippen molar-refractivity contribution in [2.24, 2.45) is 0 Å². The fourth-order valence-corrected chi connectivity index (χ4v) is 3.72. The van der Waals surface area contributed by atoms with Crippen molar-refractivity contribution < 1.29 is 4.79 Å². The van der Waals surface area contributed by atoms with E-state index in [0.717, 1.165) is 31.7 Å². The van der Waals surface area contributed by atoms with Crippen molar-refractivity contribution in [3.05, 3.63) is 18.3 Å². The predicted octanol–water partition coefficient (Wildman–Crippen LogP) is 2.39. The van der Waals surface area contributed by atoms with Crippen LogP contribution in [-0.2, 0) is 4.79 Å². The van der Waals surface area contributed by atoms with E-state index >= 15 is 0 Å². The first kappa shape index (κ1) is 13.7. The number of thioether (sulfide) groups is 1. The maximum absolute atomic E-state index is 12.0. The number of carbonyl (C=O) groups excluding carboxylic acids is 1. The second-order valence-corrected chi connectivity index (χ2v) is 6.38. The van der Waals surface area contributed by atoms with Gasteiger partial charge in [0.15, 0.2) is 0 Å². The van der Waals surface area contributed by atoms with Gasteiger partial charge in [0, 0.05) is 42.7 Å². The summed E-state index contributed by atoms with van der Waals surface area (Å²) < 4.78 is 0. The van der Waals surface area contributed by atoms with Crippen LogP contribution >= 0.6 is 11.8 Å².